The standard InChI is InChI=1S/C8H16O2.H2O/c1-3-5-6-7(4-2)8(9)10;/h7H,3-6H2,1-2H3,(H,9,10);1H2. The van der Waals surface area contributed by atoms with E-state index in [4.69, 9.17) is 5.11 Å². The zero-order chi connectivity index (χ0) is 7.98. The maximum atomic E-state index is 10.4. The lowest BCUT2D eigenvalue weighted by Crippen LogP contribution is -2.11. The number of aliphatic carboxylic acids is 1. The van der Waals surface area contributed by atoms with Gasteiger partial charge in [-0.1, -0.05) is 26.7 Å². The summed E-state index contributed by atoms with van der Waals surface area (Å²) in [6, 6.07) is 0. The predicted octanol–water partition coefficient (Wildman–Crippen LogP) is 1.46. The summed E-state index contributed by atoms with van der Waals surface area (Å²) in [4.78, 5) is 10.4. The first-order valence-electron chi connectivity index (χ1n) is 3.95. The van der Waals surface area contributed by atoms with E-state index in [-0.39, 0.29) is 11.4 Å². The molecule has 0 aromatic carbocycles. The molecule has 0 amide bonds. The van der Waals surface area contributed by atoms with Gasteiger partial charge in [0.2, 0.25) is 0 Å². The Morgan fingerprint density at radius 2 is 2.00 bits per heavy atom. The summed E-state index contributed by atoms with van der Waals surface area (Å²) in [5, 5.41) is 8.60. The highest BCUT2D eigenvalue weighted by atomic mass is 16.4. The first kappa shape index (κ1) is 13.1. The van der Waals surface area contributed by atoms with Crippen molar-refractivity contribution in [1.82, 2.24) is 0 Å². The average Bonchev–Trinajstić information content (AvgIpc) is 1.89. The highest BCUT2D eigenvalue weighted by Crippen LogP contribution is 2.11. The lowest BCUT2D eigenvalue weighted by molar-refractivity contribution is -0.142. The van der Waals surface area contributed by atoms with Gasteiger partial charge in [0.15, 0.2) is 0 Å². The molecule has 0 rings (SSSR count). The SMILES string of the molecule is CCCCC(CC)C(=O)O.O. The van der Waals surface area contributed by atoms with Crippen molar-refractivity contribution in [3.63, 3.8) is 0 Å². The van der Waals surface area contributed by atoms with E-state index in [9.17, 15) is 4.79 Å². The van der Waals surface area contributed by atoms with Crippen LogP contribution in [-0.2, 0) is 4.79 Å². The van der Waals surface area contributed by atoms with E-state index in [2.05, 4.69) is 6.92 Å². The van der Waals surface area contributed by atoms with Gasteiger partial charge in [0.25, 0.3) is 0 Å². The summed E-state index contributed by atoms with van der Waals surface area (Å²) in [5.41, 5.74) is 0. The molecule has 3 N–H and O–H groups in total. The molecule has 0 aliphatic carbocycles. The number of unbranched alkanes of at least 4 members (excludes halogenated alkanes) is 1. The predicted molar refractivity (Wildman–Crippen MR) is 44.6 cm³/mol. The van der Waals surface area contributed by atoms with Gasteiger partial charge in [-0.05, 0) is 12.8 Å². The molecule has 0 saturated heterocycles. The van der Waals surface area contributed by atoms with Gasteiger partial charge in [0.05, 0.1) is 5.92 Å². The maximum Gasteiger partial charge on any atom is 0.306 e. The summed E-state index contributed by atoms with van der Waals surface area (Å²) in [6.07, 6.45) is 3.71. The van der Waals surface area contributed by atoms with E-state index in [1.54, 1.807) is 0 Å². The summed E-state index contributed by atoms with van der Waals surface area (Å²) >= 11 is 0. The second kappa shape index (κ2) is 7.54. The number of rotatable bonds is 5. The number of carboxylic acid groups (broad SMARTS) is 1. The van der Waals surface area contributed by atoms with E-state index in [1.807, 2.05) is 6.92 Å². The number of hydrogen-bond acceptors (Lipinski definition) is 1. The normalized spacial score (nSPS) is 11.8. The Kier molecular flexibility index (Phi) is 8.94. The minimum Gasteiger partial charge on any atom is -0.481 e. The zero-order valence-electron chi connectivity index (χ0n) is 7.26. The molecule has 68 valence electrons. The number of carboxylic acids is 1. The second-order valence-corrected chi connectivity index (χ2v) is 2.59. The van der Waals surface area contributed by atoms with Crippen LogP contribution < -0.4 is 0 Å². The topological polar surface area (TPSA) is 68.8 Å². The first-order valence-corrected chi connectivity index (χ1v) is 3.95. The molecular formula is C8H18O3. The van der Waals surface area contributed by atoms with Crippen molar-refractivity contribution in [2.24, 2.45) is 5.92 Å². The van der Waals surface area contributed by atoms with E-state index >= 15 is 0 Å². The van der Waals surface area contributed by atoms with Crippen LogP contribution in [0.15, 0.2) is 0 Å². The van der Waals surface area contributed by atoms with Crippen molar-refractivity contribution >= 4 is 5.97 Å². The molecule has 0 aliphatic heterocycles. The average molecular weight is 162 g/mol. The lowest BCUT2D eigenvalue weighted by atomic mass is 10.00. The molecule has 1 unspecified atom stereocenters. The summed E-state index contributed by atoms with van der Waals surface area (Å²) in [5.74, 6) is -0.754. The van der Waals surface area contributed by atoms with Crippen molar-refractivity contribution in [2.45, 2.75) is 39.5 Å². The highest BCUT2D eigenvalue weighted by molar-refractivity contribution is 5.69. The van der Waals surface area contributed by atoms with Gasteiger partial charge >= 0.3 is 5.97 Å². The molecule has 0 aliphatic rings. The molecule has 3 nitrogen and oxygen atoms in total. The molecule has 0 bridgehead atoms. The molecule has 0 aromatic rings. The molecule has 11 heavy (non-hydrogen) atoms. The fraction of sp³-hybridized carbons (Fsp3) is 0.875. The molecule has 3 heteroatoms. The van der Waals surface area contributed by atoms with E-state index in [1.165, 1.54) is 0 Å². The Labute approximate surface area is 67.7 Å². The number of hydrogen-bond donors (Lipinski definition) is 1. The van der Waals surface area contributed by atoms with Crippen LogP contribution in [0.1, 0.15) is 39.5 Å². The Bertz CT molecular complexity index is 102. The molecule has 0 spiro atoms. The Hall–Kier alpha value is -0.570. The Morgan fingerprint density at radius 1 is 1.45 bits per heavy atom. The zero-order valence-corrected chi connectivity index (χ0v) is 7.26. The van der Waals surface area contributed by atoms with Gasteiger partial charge in [-0.25, -0.2) is 0 Å². The lowest BCUT2D eigenvalue weighted by Gasteiger charge is -2.06. The van der Waals surface area contributed by atoms with Gasteiger partial charge in [0, 0.05) is 0 Å². The van der Waals surface area contributed by atoms with E-state index in [0.717, 1.165) is 25.7 Å². The van der Waals surface area contributed by atoms with Gasteiger partial charge < -0.3 is 10.6 Å². The van der Waals surface area contributed by atoms with Crippen molar-refractivity contribution in [3.05, 3.63) is 0 Å². The highest BCUT2D eigenvalue weighted by Gasteiger charge is 2.12. The fourth-order valence-corrected chi connectivity index (χ4v) is 0.953. The van der Waals surface area contributed by atoms with Crippen LogP contribution in [0.5, 0.6) is 0 Å². The largest absolute Gasteiger partial charge is 0.481 e. The van der Waals surface area contributed by atoms with Gasteiger partial charge in [-0.3, -0.25) is 4.79 Å². The maximum absolute atomic E-state index is 10.4. The van der Waals surface area contributed by atoms with Crippen molar-refractivity contribution in [2.75, 3.05) is 0 Å². The minimum absolute atomic E-state index is 0. The van der Waals surface area contributed by atoms with Gasteiger partial charge in [-0.15, -0.1) is 0 Å². The monoisotopic (exact) mass is 162 g/mol. The van der Waals surface area contributed by atoms with Crippen LogP contribution in [0.25, 0.3) is 0 Å². The molecule has 0 heterocycles. The molecular weight excluding hydrogens is 144 g/mol. The van der Waals surface area contributed by atoms with Crippen LogP contribution in [-0.4, -0.2) is 16.6 Å². The van der Waals surface area contributed by atoms with Crippen molar-refractivity contribution in [3.8, 4) is 0 Å². The molecule has 0 fully saturated rings. The minimum atomic E-state index is -0.643. The third-order valence-corrected chi connectivity index (χ3v) is 1.75. The fourth-order valence-electron chi connectivity index (χ4n) is 0.953. The van der Waals surface area contributed by atoms with Gasteiger partial charge in [-0.2, -0.15) is 0 Å². The second-order valence-electron chi connectivity index (χ2n) is 2.59. The number of carbonyl (C=O) groups is 1. The van der Waals surface area contributed by atoms with Gasteiger partial charge in [0.1, 0.15) is 0 Å². The Morgan fingerprint density at radius 3 is 2.27 bits per heavy atom. The van der Waals surface area contributed by atoms with Crippen LogP contribution in [0.3, 0.4) is 0 Å². The third-order valence-electron chi connectivity index (χ3n) is 1.75. The van der Waals surface area contributed by atoms with Crippen molar-refractivity contribution < 1.29 is 15.4 Å². The molecule has 0 radical (unpaired) electrons. The van der Waals surface area contributed by atoms with E-state index in [0.29, 0.717) is 0 Å². The van der Waals surface area contributed by atoms with Crippen LogP contribution >= 0.6 is 0 Å². The Balaban J connectivity index is 0. The third kappa shape index (κ3) is 5.85. The van der Waals surface area contributed by atoms with E-state index < -0.39 is 5.97 Å². The van der Waals surface area contributed by atoms with Crippen LogP contribution in [0, 0.1) is 5.92 Å². The van der Waals surface area contributed by atoms with Crippen molar-refractivity contribution in [1.29, 1.82) is 0 Å². The van der Waals surface area contributed by atoms with Crippen LogP contribution in [0.4, 0.5) is 0 Å². The summed E-state index contributed by atoms with van der Waals surface area (Å²) in [6.45, 7) is 4.00. The molecule has 0 saturated carbocycles. The summed E-state index contributed by atoms with van der Waals surface area (Å²) < 4.78 is 0. The van der Waals surface area contributed by atoms with Crippen LogP contribution in [0.2, 0.25) is 0 Å². The quantitative estimate of drug-likeness (QED) is 0.665. The molecule has 1 atom stereocenters. The smallest absolute Gasteiger partial charge is 0.306 e. The first-order chi connectivity index (χ1) is 4.72. The molecule has 0 aromatic heterocycles. The summed E-state index contributed by atoms with van der Waals surface area (Å²) in [7, 11) is 0.